The Labute approximate surface area is 177 Å². The van der Waals surface area contributed by atoms with Gasteiger partial charge in [-0.3, -0.25) is 14.2 Å². The van der Waals surface area contributed by atoms with Gasteiger partial charge in [-0.1, -0.05) is 24.3 Å². The van der Waals surface area contributed by atoms with E-state index in [1.807, 2.05) is 28.9 Å². The average Bonchev–Trinajstić information content (AvgIpc) is 3.50. The summed E-state index contributed by atoms with van der Waals surface area (Å²) in [4.78, 5) is 30.5. The van der Waals surface area contributed by atoms with Crippen LogP contribution in [0, 0.1) is 6.92 Å². The number of carbonyl (C=O) groups excluding carboxylic acids is 1. The third kappa shape index (κ3) is 3.48. The fourth-order valence-electron chi connectivity index (χ4n) is 3.76. The van der Waals surface area contributed by atoms with Crippen molar-refractivity contribution < 1.29 is 4.79 Å². The first-order valence-corrected chi connectivity index (χ1v) is 10.2. The molecule has 9 nitrogen and oxygen atoms in total. The first kappa shape index (κ1) is 19.1. The van der Waals surface area contributed by atoms with Gasteiger partial charge in [0.25, 0.3) is 5.56 Å². The molecule has 156 valence electrons. The SMILES string of the molecule is Cc1nc2ccccc2c(=O)n1C(C)C(=O)Nc1cccc(-c2nnnn2C2CC2)c1. The van der Waals surface area contributed by atoms with Crippen molar-refractivity contribution in [3.63, 3.8) is 0 Å². The number of nitrogens with one attached hydrogen (secondary N) is 1. The van der Waals surface area contributed by atoms with Crippen LogP contribution in [0.5, 0.6) is 0 Å². The fourth-order valence-corrected chi connectivity index (χ4v) is 3.76. The van der Waals surface area contributed by atoms with Gasteiger partial charge in [-0.15, -0.1) is 5.10 Å². The molecular formula is C22H21N7O2. The normalized spacial score (nSPS) is 14.5. The summed E-state index contributed by atoms with van der Waals surface area (Å²) in [7, 11) is 0. The van der Waals surface area contributed by atoms with Crippen molar-refractivity contribution in [3.05, 3.63) is 64.7 Å². The molecule has 1 amide bonds. The highest BCUT2D eigenvalue weighted by atomic mass is 16.2. The summed E-state index contributed by atoms with van der Waals surface area (Å²) in [6, 6.07) is 14.1. The zero-order valence-electron chi connectivity index (χ0n) is 17.2. The maximum absolute atomic E-state index is 13.0. The van der Waals surface area contributed by atoms with Crippen molar-refractivity contribution in [3.8, 4) is 11.4 Å². The Balaban J connectivity index is 1.42. The first-order chi connectivity index (χ1) is 15.0. The number of anilines is 1. The van der Waals surface area contributed by atoms with Crippen molar-refractivity contribution in [2.75, 3.05) is 5.32 Å². The predicted octanol–water partition coefficient (Wildman–Crippen LogP) is 2.89. The molecule has 5 rings (SSSR count). The average molecular weight is 415 g/mol. The van der Waals surface area contributed by atoms with Gasteiger partial charge < -0.3 is 5.32 Å². The lowest BCUT2D eigenvalue weighted by atomic mass is 10.1. The summed E-state index contributed by atoms with van der Waals surface area (Å²) in [5.41, 5.74) is 1.82. The van der Waals surface area contributed by atoms with Gasteiger partial charge in [0.1, 0.15) is 11.9 Å². The van der Waals surface area contributed by atoms with E-state index in [1.54, 1.807) is 38.1 Å². The smallest absolute Gasteiger partial charge is 0.262 e. The van der Waals surface area contributed by atoms with Crippen LogP contribution in [0.15, 0.2) is 53.3 Å². The molecule has 31 heavy (non-hydrogen) atoms. The number of hydrogen-bond acceptors (Lipinski definition) is 6. The molecule has 2 heterocycles. The summed E-state index contributed by atoms with van der Waals surface area (Å²) in [5, 5.41) is 15.4. The van der Waals surface area contributed by atoms with Gasteiger partial charge in [0.05, 0.1) is 16.9 Å². The van der Waals surface area contributed by atoms with E-state index >= 15 is 0 Å². The van der Waals surface area contributed by atoms with Crippen molar-refractivity contribution in [1.82, 2.24) is 29.8 Å². The minimum Gasteiger partial charge on any atom is -0.324 e. The van der Waals surface area contributed by atoms with Gasteiger partial charge in [0.2, 0.25) is 5.91 Å². The summed E-state index contributed by atoms with van der Waals surface area (Å²) >= 11 is 0. The second-order valence-corrected chi connectivity index (χ2v) is 7.78. The molecule has 0 spiro atoms. The van der Waals surface area contributed by atoms with Gasteiger partial charge in [0, 0.05) is 11.3 Å². The highest BCUT2D eigenvalue weighted by molar-refractivity contribution is 5.94. The first-order valence-electron chi connectivity index (χ1n) is 10.2. The molecule has 0 radical (unpaired) electrons. The molecule has 1 aliphatic carbocycles. The zero-order chi connectivity index (χ0) is 21.5. The molecule has 1 fully saturated rings. The Morgan fingerprint density at radius 1 is 1.16 bits per heavy atom. The summed E-state index contributed by atoms with van der Waals surface area (Å²) in [6.07, 6.45) is 2.14. The number of para-hydroxylation sites is 1. The van der Waals surface area contributed by atoms with Crippen molar-refractivity contribution in [1.29, 1.82) is 0 Å². The molecular weight excluding hydrogens is 394 g/mol. The number of nitrogens with zero attached hydrogens (tertiary/aromatic N) is 6. The Hall–Kier alpha value is -3.88. The quantitative estimate of drug-likeness (QED) is 0.537. The lowest BCUT2D eigenvalue weighted by Gasteiger charge is -2.18. The Morgan fingerprint density at radius 3 is 2.77 bits per heavy atom. The van der Waals surface area contributed by atoms with Crippen LogP contribution in [0.3, 0.4) is 0 Å². The van der Waals surface area contributed by atoms with Crippen LogP contribution in [0.2, 0.25) is 0 Å². The third-order valence-corrected chi connectivity index (χ3v) is 5.52. The molecule has 9 heteroatoms. The second-order valence-electron chi connectivity index (χ2n) is 7.78. The third-order valence-electron chi connectivity index (χ3n) is 5.52. The number of fused-ring (bicyclic) bond motifs is 1. The molecule has 1 unspecified atom stereocenters. The van der Waals surface area contributed by atoms with E-state index in [9.17, 15) is 9.59 Å². The molecule has 1 aliphatic rings. The second kappa shape index (κ2) is 7.42. The molecule has 0 aliphatic heterocycles. The minimum absolute atomic E-state index is 0.233. The van der Waals surface area contributed by atoms with E-state index in [2.05, 4.69) is 25.8 Å². The monoisotopic (exact) mass is 415 g/mol. The number of hydrogen-bond donors (Lipinski definition) is 1. The number of rotatable bonds is 5. The Bertz CT molecular complexity index is 1350. The maximum atomic E-state index is 13.0. The van der Waals surface area contributed by atoms with Crippen LogP contribution in [0.25, 0.3) is 22.3 Å². The molecule has 2 aromatic heterocycles. The number of aromatic nitrogens is 6. The van der Waals surface area contributed by atoms with E-state index in [-0.39, 0.29) is 11.5 Å². The number of amides is 1. The number of aryl methyl sites for hydroxylation is 1. The van der Waals surface area contributed by atoms with Crippen molar-refractivity contribution in [2.45, 2.75) is 38.8 Å². The summed E-state index contributed by atoms with van der Waals surface area (Å²) in [5.74, 6) is 0.863. The van der Waals surface area contributed by atoms with Crippen molar-refractivity contribution >= 4 is 22.5 Å². The molecule has 2 aromatic carbocycles. The van der Waals surface area contributed by atoms with Gasteiger partial charge >= 0.3 is 0 Å². The lowest BCUT2D eigenvalue weighted by molar-refractivity contribution is -0.118. The molecule has 4 aromatic rings. The summed E-state index contributed by atoms with van der Waals surface area (Å²) < 4.78 is 3.25. The van der Waals surface area contributed by atoms with Gasteiger partial charge in [-0.05, 0) is 61.4 Å². The van der Waals surface area contributed by atoms with Crippen molar-refractivity contribution in [2.24, 2.45) is 0 Å². The van der Waals surface area contributed by atoms with Crippen LogP contribution in [-0.2, 0) is 4.79 Å². The predicted molar refractivity (Wildman–Crippen MR) is 116 cm³/mol. The van der Waals surface area contributed by atoms with Crippen LogP contribution in [0.1, 0.15) is 37.7 Å². The highest BCUT2D eigenvalue weighted by Gasteiger charge is 2.28. The van der Waals surface area contributed by atoms with E-state index < -0.39 is 6.04 Å². The van der Waals surface area contributed by atoms with Gasteiger partial charge in [-0.2, -0.15) is 0 Å². The van der Waals surface area contributed by atoms with E-state index in [0.717, 1.165) is 18.4 Å². The van der Waals surface area contributed by atoms with E-state index in [4.69, 9.17) is 0 Å². The standard InChI is InChI=1S/C22H21N7O2/c1-13(28-14(2)23-19-9-4-3-8-18(19)22(28)31)21(30)24-16-7-5-6-15(12-16)20-25-26-27-29(20)17-10-11-17/h3-9,12-13,17H,10-11H2,1-2H3,(H,24,30). The zero-order valence-corrected chi connectivity index (χ0v) is 17.2. The number of benzene rings is 2. The number of carbonyl (C=O) groups is 1. The highest BCUT2D eigenvalue weighted by Crippen LogP contribution is 2.36. The molecule has 1 atom stereocenters. The topological polar surface area (TPSA) is 108 Å². The largest absolute Gasteiger partial charge is 0.324 e. The molecule has 0 saturated heterocycles. The fraction of sp³-hybridized carbons (Fsp3) is 0.273. The van der Waals surface area contributed by atoms with Crippen LogP contribution < -0.4 is 10.9 Å². The van der Waals surface area contributed by atoms with Gasteiger partial charge in [0.15, 0.2) is 5.82 Å². The Kier molecular flexibility index (Phi) is 4.58. The van der Waals surface area contributed by atoms with E-state index in [0.29, 0.717) is 34.3 Å². The van der Waals surface area contributed by atoms with Crippen LogP contribution >= 0.6 is 0 Å². The molecule has 1 N–H and O–H groups in total. The maximum Gasteiger partial charge on any atom is 0.262 e. The summed E-state index contributed by atoms with van der Waals surface area (Å²) in [6.45, 7) is 3.42. The van der Waals surface area contributed by atoms with Crippen LogP contribution in [0.4, 0.5) is 5.69 Å². The minimum atomic E-state index is -0.731. The van der Waals surface area contributed by atoms with Crippen LogP contribution in [-0.4, -0.2) is 35.7 Å². The number of tetrazole rings is 1. The lowest BCUT2D eigenvalue weighted by Crippen LogP contribution is -2.33. The van der Waals surface area contributed by atoms with E-state index in [1.165, 1.54) is 4.57 Å². The van der Waals surface area contributed by atoms with Gasteiger partial charge in [-0.25, -0.2) is 9.67 Å². The Morgan fingerprint density at radius 2 is 1.97 bits per heavy atom. The molecule has 1 saturated carbocycles. The molecule has 0 bridgehead atoms.